The predicted molar refractivity (Wildman–Crippen MR) is 86.9 cm³/mol. The Morgan fingerprint density at radius 2 is 1.96 bits per heavy atom. The van der Waals surface area contributed by atoms with E-state index in [1.807, 2.05) is 54.8 Å². The van der Waals surface area contributed by atoms with Crippen LogP contribution in [0.25, 0.3) is 5.65 Å². The van der Waals surface area contributed by atoms with Gasteiger partial charge in [0.1, 0.15) is 24.1 Å². The fourth-order valence-electron chi connectivity index (χ4n) is 2.55. The Balaban J connectivity index is 1.79. The summed E-state index contributed by atoms with van der Waals surface area (Å²) >= 11 is 0. The molecule has 120 valence electrons. The zero-order valence-corrected chi connectivity index (χ0v) is 13.1. The first-order valence-electron chi connectivity index (χ1n) is 7.47. The van der Waals surface area contributed by atoms with Gasteiger partial charge in [-0.05, 0) is 26.0 Å². The largest absolute Gasteiger partial charge is 0.491 e. The molecule has 23 heavy (non-hydrogen) atoms. The first kappa shape index (κ1) is 15.3. The summed E-state index contributed by atoms with van der Waals surface area (Å²) in [5.41, 5.74) is 2.04. The molecule has 1 N–H and O–H groups in total. The molecule has 3 rings (SSSR count). The average Bonchev–Trinajstić information content (AvgIpc) is 2.93. The third kappa shape index (κ3) is 3.27. The van der Waals surface area contributed by atoms with E-state index in [0.29, 0.717) is 17.9 Å². The predicted octanol–water partition coefficient (Wildman–Crippen LogP) is 1.55. The van der Waals surface area contributed by atoms with Crippen molar-refractivity contribution in [3.63, 3.8) is 0 Å². The Morgan fingerprint density at radius 1 is 1.22 bits per heavy atom. The second-order valence-corrected chi connectivity index (χ2v) is 5.57. The van der Waals surface area contributed by atoms with E-state index in [2.05, 4.69) is 5.10 Å². The number of benzene rings is 1. The standard InChI is InChI=1S/C17H19N3O3/c1-12-8-16-19(13(2)9-17(22)20(16)18-12)10-14(21)11-23-15-6-4-3-5-7-15/h3-9,14,21H,10-11H2,1-2H3. The first-order valence-corrected chi connectivity index (χ1v) is 7.47. The number of aliphatic hydroxyl groups is 1. The third-order valence-electron chi connectivity index (χ3n) is 3.64. The Kier molecular flexibility index (Phi) is 4.16. The van der Waals surface area contributed by atoms with E-state index in [-0.39, 0.29) is 12.2 Å². The van der Waals surface area contributed by atoms with Crippen molar-refractivity contribution in [1.82, 2.24) is 14.2 Å². The zero-order valence-electron chi connectivity index (χ0n) is 13.1. The van der Waals surface area contributed by atoms with Gasteiger partial charge in [-0.1, -0.05) is 18.2 Å². The number of hydrogen-bond donors (Lipinski definition) is 1. The molecule has 0 saturated carbocycles. The summed E-state index contributed by atoms with van der Waals surface area (Å²) in [5.74, 6) is 0.716. The molecule has 0 aliphatic rings. The maximum Gasteiger partial charge on any atom is 0.274 e. The molecular weight excluding hydrogens is 294 g/mol. The summed E-state index contributed by atoms with van der Waals surface area (Å²) in [6.07, 6.45) is -0.699. The maximum absolute atomic E-state index is 12.0. The summed E-state index contributed by atoms with van der Waals surface area (Å²) in [4.78, 5) is 12.0. The summed E-state index contributed by atoms with van der Waals surface area (Å²) in [5, 5.41) is 14.5. The van der Waals surface area contributed by atoms with Gasteiger partial charge in [0.15, 0.2) is 0 Å². The van der Waals surface area contributed by atoms with E-state index >= 15 is 0 Å². The molecule has 0 bridgehead atoms. The highest BCUT2D eigenvalue weighted by Gasteiger charge is 2.13. The number of aromatic nitrogens is 3. The lowest BCUT2D eigenvalue weighted by molar-refractivity contribution is 0.0926. The lowest BCUT2D eigenvalue weighted by Crippen LogP contribution is -2.27. The van der Waals surface area contributed by atoms with Gasteiger partial charge in [0.2, 0.25) is 0 Å². The molecule has 0 aliphatic carbocycles. The number of aliphatic hydroxyl groups excluding tert-OH is 1. The SMILES string of the molecule is Cc1cc2n(CC(O)COc3ccccc3)c(C)cc(=O)n2n1. The third-order valence-corrected chi connectivity index (χ3v) is 3.64. The average molecular weight is 313 g/mol. The summed E-state index contributed by atoms with van der Waals surface area (Å²) < 4.78 is 8.80. The van der Waals surface area contributed by atoms with Crippen LogP contribution in [-0.4, -0.2) is 32.0 Å². The van der Waals surface area contributed by atoms with Gasteiger partial charge in [0.25, 0.3) is 5.56 Å². The fourth-order valence-corrected chi connectivity index (χ4v) is 2.55. The molecule has 0 amide bonds. The van der Waals surface area contributed by atoms with Crippen LogP contribution in [0.4, 0.5) is 0 Å². The van der Waals surface area contributed by atoms with Crippen LogP contribution < -0.4 is 10.3 Å². The molecule has 6 nitrogen and oxygen atoms in total. The van der Waals surface area contributed by atoms with E-state index < -0.39 is 6.10 Å². The molecule has 0 spiro atoms. The number of hydrogen-bond acceptors (Lipinski definition) is 4. The van der Waals surface area contributed by atoms with Gasteiger partial charge >= 0.3 is 0 Å². The van der Waals surface area contributed by atoms with Crippen molar-refractivity contribution in [2.45, 2.75) is 26.5 Å². The van der Waals surface area contributed by atoms with Crippen LogP contribution in [0.2, 0.25) is 0 Å². The number of ether oxygens (including phenoxy) is 1. The van der Waals surface area contributed by atoms with E-state index in [4.69, 9.17) is 4.74 Å². The Bertz CT molecular complexity index is 868. The molecular formula is C17H19N3O3. The topological polar surface area (TPSA) is 68.8 Å². The second-order valence-electron chi connectivity index (χ2n) is 5.57. The van der Waals surface area contributed by atoms with Gasteiger partial charge in [0.05, 0.1) is 12.2 Å². The maximum atomic E-state index is 12.0. The summed E-state index contributed by atoms with van der Waals surface area (Å²) in [6, 6.07) is 12.7. The van der Waals surface area contributed by atoms with Crippen LogP contribution in [0.5, 0.6) is 5.75 Å². The molecule has 1 aromatic carbocycles. The molecule has 6 heteroatoms. The van der Waals surface area contributed by atoms with Gasteiger partial charge < -0.3 is 14.4 Å². The highest BCUT2D eigenvalue weighted by molar-refractivity contribution is 5.41. The van der Waals surface area contributed by atoms with E-state index in [1.165, 1.54) is 10.6 Å². The minimum atomic E-state index is -0.699. The number of para-hydroxylation sites is 1. The molecule has 2 aromatic heterocycles. The van der Waals surface area contributed by atoms with Crippen molar-refractivity contribution in [1.29, 1.82) is 0 Å². The van der Waals surface area contributed by atoms with Gasteiger partial charge in [-0.2, -0.15) is 9.61 Å². The minimum absolute atomic E-state index is 0.170. The minimum Gasteiger partial charge on any atom is -0.491 e. The number of nitrogens with zero attached hydrogens (tertiary/aromatic N) is 3. The molecule has 0 saturated heterocycles. The summed E-state index contributed by atoms with van der Waals surface area (Å²) in [7, 11) is 0. The normalized spacial score (nSPS) is 12.5. The lowest BCUT2D eigenvalue weighted by Gasteiger charge is -2.17. The van der Waals surface area contributed by atoms with Crippen molar-refractivity contribution < 1.29 is 9.84 Å². The fraction of sp³-hybridized carbons (Fsp3) is 0.294. The van der Waals surface area contributed by atoms with Crippen molar-refractivity contribution in [2.75, 3.05) is 6.61 Å². The molecule has 0 aliphatic heterocycles. The number of aryl methyl sites for hydroxylation is 2. The van der Waals surface area contributed by atoms with Crippen LogP contribution in [-0.2, 0) is 6.54 Å². The van der Waals surface area contributed by atoms with Gasteiger partial charge in [-0.15, -0.1) is 0 Å². The first-order chi connectivity index (χ1) is 11.0. The van der Waals surface area contributed by atoms with Crippen molar-refractivity contribution in [3.05, 3.63) is 64.2 Å². The quantitative estimate of drug-likeness (QED) is 0.776. The van der Waals surface area contributed by atoms with Crippen molar-refractivity contribution in [3.8, 4) is 5.75 Å². The molecule has 1 atom stereocenters. The molecule has 0 fully saturated rings. The van der Waals surface area contributed by atoms with Crippen LogP contribution in [0.1, 0.15) is 11.4 Å². The Morgan fingerprint density at radius 3 is 2.70 bits per heavy atom. The van der Waals surface area contributed by atoms with E-state index in [9.17, 15) is 9.90 Å². The van der Waals surface area contributed by atoms with Crippen LogP contribution in [0.3, 0.4) is 0 Å². The number of rotatable bonds is 5. The van der Waals surface area contributed by atoms with Crippen LogP contribution >= 0.6 is 0 Å². The second kappa shape index (κ2) is 6.26. The molecule has 2 heterocycles. The molecule has 0 radical (unpaired) electrons. The van der Waals surface area contributed by atoms with Crippen molar-refractivity contribution >= 4 is 5.65 Å². The van der Waals surface area contributed by atoms with Crippen molar-refractivity contribution in [2.24, 2.45) is 0 Å². The van der Waals surface area contributed by atoms with Crippen LogP contribution in [0, 0.1) is 13.8 Å². The number of fused-ring (bicyclic) bond motifs is 1. The van der Waals surface area contributed by atoms with Gasteiger partial charge in [-0.25, -0.2) is 0 Å². The highest BCUT2D eigenvalue weighted by Crippen LogP contribution is 2.11. The Labute approximate surface area is 133 Å². The monoisotopic (exact) mass is 313 g/mol. The molecule has 1 unspecified atom stereocenters. The zero-order chi connectivity index (χ0) is 16.4. The Hall–Kier alpha value is -2.60. The lowest BCUT2D eigenvalue weighted by atomic mass is 10.3. The highest BCUT2D eigenvalue weighted by atomic mass is 16.5. The van der Waals surface area contributed by atoms with Gasteiger partial charge in [-0.3, -0.25) is 4.79 Å². The van der Waals surface area contributed by atoms with Gasteiger partial charge in [0, 0.05) is 17.8 Å². The molecule has 3 aromatic rings. The van der Waals surface area contributed by atoms with E-state index in [0.717, 1.165) is 11.4 Å². The summed E-state index contributed by atoms with van der Waals surface area (Å²) in [6.45, 7) is 4.18. The van der Waals surface area contributed by atoms with E-state index in [1.54, 1.807) is 0 Å². The van der Waals surface area contributed by atoms with Crippen LogP contribution in [0.15, 0.2) is 47.3 Å². The smallest absolute Gasteiger partial charge is 0.274 e.